The van der Waals surface area contributed by atoms with E-state index in [0.717, 1.165) is 44.5 Å². The summed E-state index contributed by atoms with van der Waals surface area (Å²) < 4.78 is 26.0. The molecule has 1 heterocycles. The summed E-state index contributed by atoms with van der Waals surface area (Å²) in [5.74, 6) is -2.04. The van der Waals surface area contributed by atoms with Crippen LogP contribution in [0.1, 0.15) is 29.6 Å². The molecule has 17 heavy (non-hydrogen) atoms. The van der Waals surface area contributed by atoms with Crippen LogP contribution in [-0.2, 0) is 0 Å². The van der Waals surface area contributed by atoms with Crippen molar-refractivity contribution in [1.29, 1.82) is 0 Å². The fourth-order valence-electron chi connectivity index (χ4n) is 1.88. The predicted molar refractivity (Wildman–Crippen MR) is 59.2 cm³/mol. The topological polar surface area (TPSA) is 32.3 Å². The molecule has 0 radical (unpaired) electrons. The third-order valence-corrected chi connectivity index (χ3v) is 2.79. The number of hydrazine groups is 1. The molecule has 1 N–H and O–H groups in total. The van der Waals surface area contributed by atoms with Crippen molar-refractivity contribution in [2.75, 3.05) is 13.1 Å². The number of carbonyl (C=O) groups is 1. The molecule has 1 aliphatic rings. The zero-order valence-corrected chi connectivity index (χ0v) is 9.38. The number of piperidine rings is 1. The Hall–Kier alpha value is -1.49. The average molecular weight is 240 g/mol. The van der Waals surface area contributed by atoms with Crippen molar-refractivity contribution in [2.45, 2.75) is 19.3 Å². The number of rotatable bonds is 2. The Labute approximate surface area is 98.4 Å². The van der Waals surface area contributed by atoms with E-state index in [0.29, 0.717) is 6.07 Å². The number of amides is 1. The van der Waals surface area contributed by atoms with Crippen molar-refractivity contribution >= 4 is 5.91 Å². The van der Waals surface area contributed by atoms with Crippen LogP contribution in [0.15, 0.2) is 18.2 Å². The van der Waals surface area contributed by atoms with E-state index in [2.05, 4.69) is 5.43 Å². The summed E-state index contributed by atoms with van der Waals surface area (Å²) in [6, 6.07) is 2.95. The average Bonchev–Trinajstić information content (AvgIpc) is 2.30. The molecule has 1 aromatic rings. The fourth-order valence-corrected chi connectivity index (χ4v) is 1.88. The van der Waals surface area contributed by atoms with Gasteiger partial charge in [-0.3, -0.25) is 10.2 Å². The molecule has 1 saturated heterocycles. The van der Waals surface area contributed by atoms with Gasteiger partial charge in [-0.25, -0.2) is 13.8 Å². The molecule has 1 fully saturated rings. The van der Waals surface area contributed by atoms with E-state index < -0.39 is 17.5 Å². The zero-order chi connectivity index (χ0) is 12.3. The van der Waals surface area contributed by atoms with Gasteiger partial charge in [0.05, 0.1) is 5.56 Å². The molecule has 0 unspecified atom stereocenters. The van der Waals surface area contributed by atoms with Gasteiger partial charge in [0.15, 0.2) is 0 Å². The number of carbonyl (C=O) groups excluding carboxylic acids is 1. The lowest BCUT2D eigenvalue weighted by Crippen LogP contribution is -2.45. The van der Waals surface area contributed by atoms with E-state index in [9.17, 15) is 13.6 Å². The van der Waals surface area contributed by atoms with Crippen molar-refractivity contribution in [3.8, 4) is 0 Å². The standard InChI is InChI=1S/C12H14F2N2O/c13-9-4-5-10(11(14)8-9)12(17)15-16-6-2-1-3-7-16/h4-5,8H,1-3,6-7H2,(H,15,17). The van der Waals surface area contributed by atoms with Gasteiger partial charge in [0.2, 0.25) is 0 Å². The lowest BCUT2D eigenvalue weighted by atomic mass is 10.1. The van der Waals surface area contributed by atoms with Crippen molar-refractivity contribution in [3.63, 3.8) is 0 Å². The van der Waals surface area contributed by atoms with Crippen LogP contribution in [0.3, 0.4) is 0 Å². The summed E-state index contributed by atoms with van der Waals surface area (Å²) in [6.45, 7) is 1.54. The molecule has 0 bridgehead atoms. The van der Waals surface area contributed by atoms with Crippen molar-refractivity contribution in [3.05, 3.63) is 35.4 Å². The minimum absolute atomic E-state index is 0.128. The second-order valence-electron chi connectivity index (χ2n) is 4.11. The Morgan fingerprint density at radius 3 is 2.53 bits per heavy atom. The van der Waals surface area contributed by atoms with Crippen molar-refractivity contribution in [1.82, 2.24) is 10.4 Å². The summed E-state index contributed by atoms with van der Waals surface area (Å²) in [5.41, 5.74) is 2.50. The van der Waals surface area contributed by atoms with E-state index in [-0.39, 0.29) is 5.56 Å². The number of nitrogens with zero attached hydrogens (tertiary/aromatic N) is 1. The lowest BCUT2D eigenvalue weighted by Gasteiger charge is -2.26. The van der Waals surface area contributed by atoms with E-state index >= 15 is 0 Å². The van der Waals surface area contributed by atoms with Gasteiger partial charge >= 0.3 is 0 Å². The first-order valence-electron chi connectivity index (χ1n) is 5.68. The molecule has 2 rings (SSSR count). The molecule has 0 aromatic heterocycles. The molecular formula is C12H14F2N2O. The Morgan fingerprint density at radius 2 is 1.88 bits per heavy atom. The van der Waals surface area contributed by atoms with Gasteiger partial charge in [-0.2, -0.15) is 0 Å². The SMILES string of the molecule is O=C(NN1CCCCC1)c1ccc(F)cc1F. The smallest absolute Gasteiger partial charge is 0.268 e. The summed E-state index contributed by atoms with van der Waals surface area (Å²) in [7, 11) is 0. The van der Waals surface area contributed by atoms with Crippen LogP contribution in [0.5, 0.6) is 0 Å². The van der Waals surface area contributed by atoms with Gasteiger partial charge < -0.3 is 0 Å². The second kappa shape index (κ2) is 5.23. The van der Waals surface area contributed by atoms with Gasteiger partial charge in [0.25, 0.3) is 5.91 Å². The van der Waals surface area contributed by atoms with E-state index in [1.54, 1.807) is 5.01 Å². The van der Waals surface area contributed by atoms with Gasteiger partial charge in [0.1, 0.15) is 11.6 Å². The summed E-state index contributed by atoms with van der Waals surface area (Å²) in [4.78, 5) is 11.7. The highest BCUT2D eigenvalue weighted by Crippen LogP contribution is 2.11. The van der Waals surface area contributed by atoms with E-state index in [4.69, 9.17) is 0 Å². The second-order valence-corrected chi connectivity index (χ2v) is 4.11. The summed E-state index contributed by atoms with van der Waals surface area (Å²) in [6.07, 6.45) is 3.19. The molecule has 0 atom stereocenters. The van der Waals surface area contributed by atoms with Crippen LogP contribution in [0.2, 0.25) is 0 Å². The molecule has 3 nitrogen and oxygen atoms in total. The Balaban J connectivity index is 2.03. The van der Waals surface area contributed by atoms with Crippen LogP contribution in [-0.4, -0.2) is 24.0 Å². The molecule has 1 aliphatic heterocycles. The molecule has 5 heteroatoms. The predicted octanol–water partition coefficient (Wildman–Crippen LogP) is 2.10. The van der Waals surface area contributed by atoms with Gasteiger partial charge in [-0.05, 0) is 25.0 Å². The Kier molecular flexibility index (Phi) is 3.68. The molecule has 0 saturated carbocycles. The molecule has 0 spiro atoms. The van der Waals surface area contributed by atoms with Crippen LogP contribution < -0.4 is 5.43 Å². The fraction of sp³-hybridized carbons (Fsp3) is 0.417. The summed E-state index contributed by atoms with van der Waals surface area (Å²) in [5, 5.41) is 1.77. The molecule has 1 amide bonds. The quantitative estimate of drug-likeness (QED) is 0.858. The molecular weight excluding hydrogens is 226 g/mol. The van der Waals surface area contributed by atoms with Crippen molar-refractivity contribution < 1.29 is 13.6 Å². The lowest BCUT2D eigenvalue weighted by molar-refractivity contribution is 0.0746. The highest BCUT2D eigenvalue weighted by atomic mass is 19.1. The Bertz CT molecular complexity index is 417. The number of hydrogen-bond acceptors (Lipinski definition) is 2. The minimum atomic E-state index is -0.834. The summed E-state index contributed by atoms with van der Waals surface area (Å²) >= 11 is 0. The Morgan fingerprint density at radius 1 is 1.18 bits per heavy atom. The van der Waals surface area contributed by atoms with Gasteiger partial charge in [-0.15, -0.1) is 0 Å². The number of hydrogen-bond donors (Lipinski definition) is 1. The zero-order valence-electron chi connectivity index (χ0n) is 9.38. The van der Waals surface area contributed by atoms with Crippen LogP contribution in [0.25, 0.3) is 0 Å². The first-order chi connectivity index (χ1) is 8.16. The monoisotopic (exact) mass is 240 g/mol. The van der Waals surface area contributed by atoms with Crippen LogP contribution >= 0.6 is 0 Å². The van der Waals surface area contributed by atoms with Crippen LogP contribution in [0.4, 0.5) is 8.78 Å². The number of benzene rings is 1. The number of nitrogens with one attached hydrogen (secondary N) is 1. The number of halogens is 2. The van der Waals surface area contributed by atoms with Crippen molar-refractivity contribution in [2.24, 2.45) is 0 Å². The maximum absolute atomic E-state index is 13.3. The highest BCUT2D eigenvalue weighted by molar-refractivity contribution is 5.94. The third-order valence-electron chi connectivity index (χ3n) is 2.79. The normalized spacial score (nSPS) is 16.8. The van der Waals surface area contributed by atoms with Gasteiger partial charge in [0, 0.05) is 19.2 Å². The highest BCUT2D eigenvalue weighted by Gasteiger charge is 2.16. The first kappa shape index (κ1) is 12.0. The molecule has 92 valence electrons. The largest absolute Gasteiger partial charge is 0.285 e. The maximum Gasteiger partial charge on any atom is 0.268 e. The van der Waals surface area contributed by atoms with Gasteiger partial charge in [-0.1, -0.05) is 6.42 Å². The van der Waals surface area contributed by atoms with E-state index in [1.807, 2.05) is 0 Å². The first-order valence-corrected chi connectivity index (χ1v) is 5.68. The van der Waals surface area contributed by atoms with Crippen LogP contribution in [0, 0.1) is 11.6 Å². The third kappa shape index (κ3) is 3.00. The molecule has 1 aromatic carbocycles. The minimum Gasteiger partial charge on any atom is -0.285 e. The maximum atomic E-state index is 13.3. The molecule has 0 aliphatic carbocycles. The van der Waals surface area contributed by atoms with E-state index in [1.165, 1.54) is 0 Å².